The summed E-state index contributed by atoms with van der Waals surface area (Å²) in [6.45, 7) is 2.01. The summed E-state index contributed by atoms with van der Waals surface area (Å²) < 4.78 is 1.71. The molecule has 2 rings (SSSR count). The number of aryl methyl sites for hydroxylation is 1. The van der Waals surface area contributed by atoms with E-state index < -0.39 is 0 Å². The topological polar surface area (TPSA) is 67.4 Å². The number of rotatable bonds is 4. The molecule has 2 aromatic rings. The summed E-state index contributed by atoms with van der Waals surface area (Å²) in [7, 11) is 0. The normalized spacial score (nSPS) is 10.1. The monoisotopic (exact) mass is 245 g/mol. The average Bonchev–Trinajstić information content (AvgIpc) is 2.78. The van der Waals surface area contributed by atoms with E-state index in [2.05, 4.69) is 21.6 Å². The van der Waals surface area contributed by atoms with Crippen LogP contribution < -0.4 is 0 Å². The van der Waals surface area contributed by atoms with Crippen LogP contribution in [0.1, 0.15) is 12.0 Å². The average molecular weight is 245 g/mol. The first kappa shape index (κ1) is 11.6. The number of nitriles is 1. The number of thioether (sulfide) groups is 1. The van der Waals surface area contributed by atoms with E-state index in [-0.39, 0.29) is 0 Å². The van der Waals surface area contributed by atoms with Crippen LogP contribution in [0.4, 0.5) is 0 Å². The Balaban J connectivity index is 2.25. The molecule has 0 fully saturated rings. The van der Waals surface area contributed by atoms with E-state index >= 15 is 0 Å². The fourth-order valence-corrected chi connectivity index (χ4v) is 2.14. The third-order valence-electron chi connectivity index (χ3n) is 2.23. The van der Waals surface area contributed by atoms with Crippen molar-refractivity contribution in [1.82, 2.24) is 20.2 Å². The fourth-order valence-electron chi connectivity index (χ4n) is 1.41. The molecule has 0 spiro atoms. The molecule has 0 aliphatic heterocycles. The van der Waals surface area contributed by atoms with E-state index in [1.54, 1.807) is 4.68 Å². The van der Waals surface area contributed by atoms with Gasteiger partial charge < -0.3 is 0 Å². The van der Waals surface area contributed by atoms with Crippen molar-refractivity contribution in [2.75, 3.05) is 5.75 Å². The number of benzene rings is 1. The highest BCUT2D eigenvalue weighted by Gasteiger charge is 2.09. The first-order valence-electron chi connectivity index (χ1n) is 5.17. The second-order valence-corrected chi connectivity index (χ2v) is 4.48. The van der Waals surface area contributed by atoms with Gasteiger partial charge in [0.1, 0.15) is 0 Å². The van der Waals surface area contributed by atoms with Gasteiger partial charge in [-0.1, -0.05) is 30.0 Å². The Morgan fingerprint density at radius 3 is 3.00 bits per heavy atom. The SMILES string of the molecule is Cc1ccccc1-n1nnnc1SCCC#N. The lowest BCUT2D eigenvalue weighted by Crippen LogP contribution is -2.01. The van der Waals surface area contributed by atoms with Gasteiger partial charge in [0.2, 0.25) is 5.16 Å². The Hall–Kier alpha value is -1.87. The molecule has 1 heterocycles. The van der Waals surface area contributed by atoms with Crippen molar-refractivity contribution >= 4 is 11.8 Å². The molecule has 1 aromatic carbocycles. The summed E-state index contributed by atoms with van der Waals surface area (Å²) in [6, 6.07) is 10.0. The van der Waals surface area contributed by atoms with Gasteiger partial charge in [-0.15, -0.1) is 5.10 Å². The summed E-state index contributed by atoms with van der Waals surface area (Å²) in [6.07, 6.45) is 0.491. The largest absolute Gasteiger partial charge is 0.214 e. The van der Waals surface area contributed by atoms with Crippen LogP contribution in [0, 0.1) is 18.3 Å². The van der Waals surface area contributed by atoms with Crippen molar-refractivity contribution in [1.29, 1.82) is 5.26 Å². The zero-order valence-corrected chi connectivity index (χ0v) is 10.2. The maximum absolute atomic E-state index is 8.50. The van der Waals surface area contributed by atoms with E-state index in [0.717, 1.165) is 16.4 Å². The van der Waals surface area contributed by atoms with Gasteiger partial charge in [-0.05, 0) is 29.0 Å². The van der Waals surface area contributed by atoms with Gasteiger partial charge in [0, 0.05) is 12.2 Å². The minimum absolute atomic E-state index is 0.491. The van der Waals surface area contributed by atoms with Gasteiger partial charge in [0.25, 0.3) is 0 Å². The van der Waals surface area contributed by atoms with E-state index in [1.165, 1.54) is 11.8 Å². The first-order chi connectivity index (χ1) is 8.33. The summed E-state index contributed by atoms with van der Waals surface area (Å²) in [4.78, 5) is 0. The zero-order valence-electron chi connectivity index (χ0n) is 9.37. The molecule has 17 heavy (non-hydrogen) atoms. The maximum Gasteiger partial charge on any atom is 0.214 e. The summed E-state index contributed by atoms with van der Waals surface area (Å²) in [5, 5.41) is 20.8. The maximum atomic E-state index is 8.50. The van der Waals surface area contributed by atoms with Gasteiger partial charge in [-0.25, -0.2) is 0 Å². The smallest absolute Gasteiger partial charge is 0.198 e. The number of hydrogen-bond acceptors (Lipinski definition) is 5. The number of aromatic nitrogens is 4. The predicted octanol–water partition coefficient (Wildman–Crippen LogP) is 1.98. The van der Waals surface area contributed by atoms with Crippen LogP contribution in [0.5, 0.6) is 0 Å². The van der Waals surface area contributed by atoms with E-state index in [4.69, 9.17) is 5.26 Å². The fraction of sp³-hybridized carbons (Fsp3) is 0.273. The summed E-state index contributed by atoms with van der Waals surface area (Å²) >= 11 is 1.49. The highest BCUT2D eigenvalue weighted by atomic mass is 32.2. The van der Waals surface area contributed by atoms with Crippen LogP contribution in [0.15, 0.2) is 29.4 Å². The molecule has 0 N–H and O–H groups in total. The van der Waals surface area contributed by atoms with Crippen molar-refractivity contribution in [2.45, 2.75) is 18.5 Å². The second kappa shape index (κ2) is 5.46. The quantitative estimate of drug-likeness (QED) is 0.608. The predicted molar refractivity (Wildman–Crippen MR) is 64.8 cm³/mol. The molecule has 5 nitrogen and oxygen atoms in total. The third kappa shape index (κ3) is 2.63. The van der Waals surface area contributed by atoms with Crippen LogP contribution in [0.2, 0.25) is 0 Å². The molecule has 0 atom stereocenters. The summed E-state index contributed by atoms with van der Waals surface area (Å²) in [5.41, 5.74) is 2.08. The molecule has 6 heteroatoms. The second-order valence-electron chi connectivity index (χ2n) is 3.42. The lowest BCUT2D eigenvalue weighted by molar-refractivity contribution is 0.752. The van der Waals surface area contributed by atoms with Crippen molar-refractivity contribution in [3.8, 4) is 11.8 Å². The molecule has 0 amide bonds. The van der Waals surface area contributed by atoms with Crippen LogP contribution in [0.25, 0.3) is 5.69 Å². The zero-order chi connectivity index (χ0) is 12.1. The minimum Gasteiger partial charge on any atom is -0.198 e. The van der Waals surface area contributed by atoms with Gasteiger partial charge in [0.05, 0.1) is 11.8 Å². The molecule has 0 unspecified atom stereocenters. The molecule has 0 aliphatic rings. The van der Waals surface area contributed by atoms with Gasteiger partial charge in [-0.3, -0.25) is 0 Å². The van der Waals surface area contributed by atoms with Crippen LogP contribution in [0.3, 0.4) is 0 Å². The van der Waals surface area contributed by atoms with E-state index in [0.29, 0.717) is 12.2 Å². The Labute approximate surface area is 103 Å². The molecule has 1 aromatic heterocycles. The summed E-state index contributed by atoms with van der Waals surface area (Å²) in [5.74, 6) is 0.697. The minimum atomic E-state index is 0.491. The van der Waals surface area contributed by atoms with Crippen molar-refractivity contribution < 1.29 is 0 Å². The first-order valence-corrected chi connectivity index (χ1v) is 6.15. The number of tetrazole rings is 1. The highest BCUT2D eigenvalue weighted by molar-refractivity contribution is 7.99. The van der Waals surface area contributed by atoms with E-state index in [9.17, 15) is 0 Å². The van der Waals surface area contributed by atoms with Crippen molar-refractivity contribution in [2.24, 2.45) is 0 Å². The van der Waals surface area contributed by atoms with Crippen LogP contribution in [-0.2, 0) is 0 Å². The Morgan fingerprint density at radius 2 is 2.24 bits per heavy atom. The molecule has 0 bridgehead atoms. The molecular weight excluding hydrogens is 234 g/mol. The molecule has 0 radical (unpaired) electrons. The van der Waals surface area contributed by atoms with Gasteiger partial charge in [0.15, 0.2) is 0 Å². The number of para-hydroxylation sites is 1. The molecule has 86 valence electrons. The lowest BCUT2D eigenvalue weighted by Gasteiger charge is -2.06. The lowest BCUT2D eigenvalue weighted by atomic mass is 10.2. The number of hydrogen-bond donors (Lipinski definition) is 0. The third-order valence-corrected chi connectivity index (χ3v) is 3.15. The number of nitrogens with zero attached hydrogens (tertiary/aromatic N) is 5. The Kier molecular flexibility index (Phi) is 3.73. The molecule has 0 saturated carbocycles. The van der Waals surface area contributed by atoms with E-state index in [1.807, 2.05) is 31.2 Å². The van der Waals surface area contributed by atoms with Gasteiger partial charge >= 0.3 is 0 Å². The van der Waals surface area contributed by atoms with Crippen molar-refractivity contribution in [3.05, 3.63) is 29.8 Å². The highest BCUT2D eigenvalue weighted by Crippen LogP contribution is 2.20. The van der Waals surface area contributed by atoms with Crippen molar-refractivity contribution in [3.63, 3.8) is 0 Å². The molecular formula is C11H11N5S. The van der Waals surface area contributed by atoms with Crippen LogP contribution >= 0.6 is 11.8 Å². The standard InChI is InChI=1S/C11H11N5S/c1-9-5-2-3-6-10(9)16-11(13-14-15-16)17-8-4-7-12/h2-3,5-6H,4,8H2,1H3. The Bertz CT molecular complexity index is 543. The molecule has 0 aliphatic carbocycles. The van der Waals surface area contributed by atoms with Crippen LogP contribution in [-0.4, -0.2) is 26.0 Å². The van der Waals surface area contributed by atoms with Gasteiger partial charge in [-0.2, -0.15) is 9.94 Å². The Morgan fingerprint density at radius 1 is 1.41 bits per heavy atom. The molecule has 0 saturated heterocycles.